The van der Waals surface area contributed by atoms with Gasteiger partial charge in [0.1, 0.15) is 11.4 Å². The summed E-state index contributed by atoms with van der Waals surface area (Å²) in [5.74, 6) is 0.697. The Balaban J connectivity index is 1.82. The number of hydrogen-bond donors (Lipinski definition) is 1. The van der Waals surface area contributed by atoms with E-state index >= 15 is 0 Å². The largest absolute Gasteiger partial charge is 0.496 e. The standard InChI is InChI=1S/C28H34N4O5S/c1-17-13-18(2)25(24(14-17)36-6)21-11-10-20-23(31-38(7,34)35)15-22(30-26(20)29-21)19-9-8-12-32(16-19)27(33)37-28(3,4)5/h9-11,13-15H,8,12,16H2,1-7H3,(H,29,30,31). The number of carbonyl (C=O) groups is 1. The van der Waals surface area contributed by atoms with Crippen LogP contribution in [-0.4, -0.2) is 61.4 Å². The molecular weight excluding hydrogens is 504 g/mol. The lowest BCUT2D eigenvalue weighted by Crippen LogP contribution is -2.39. The zero-order valence-corrected chi connectivity index (χ0v) is 23.7. The number of fused-ring (bicyclic) bond motifs is 1. The minimum absolute atomic E-state index is 0.288. The second-order valence-corrected chi connectivity index (χ2v) is 12.3. The molecule has 4 rings (SSSR count). The van der Waals surface area contributed by atoms with Gasteiger partial charge in [0.2, 0.25) is 10.0 Å². The van der Waals surface area contributed by atoms with Crippen LogP contribution < -0.4 is 9.46 Å². The van der Waals surface area contributed by atoms with Gasteiger partial charge in [-0.15, -0.1) is 0 Å². The minimum atomic E-state index is -3.57. The van der Waals surface area contributed by atoms with E-state index in [0.29, 0.717) is 46.8 Å². The van der Waals surface area contributed by atoms with E-state index in [4.69, 9.17) is 19.4 Å². The molecule has 1 N–H and O–H groups in total. The Labute approximate surface area is 223 Å². The van der Waals surface area contributed by atoms with Crippen LogP contribution in [0.5, 0.6) is 5.75 Å². The lowest BCUT2D eigenvalue weighted by Gasteiger charge is -2.30. The first kappa shape index (κ1) is 27.4. The third-order valence-electron chi connectivity index (χ3n) is 6.02. The molecule has 1 amide bonds. The van der Waals surface area contributed by atoms with Gasteiger partial charge < -0.3 is 14.4 Å². The van der Waals surface area contributed by atoms with Crippen LogP contribution in [0.4, 0.5) is 10.5 Å². The van der Waals surface area contributed by atoms with Gasteiger partial charge in [-0.2, -0.15) is 0 Å². The lowest BCUT2D eigenvalue weighted by molar-refractivity contribution is 0.0273. The summed E-state index contributed by atoms with van der Waals surface area (Å²) >= 11 is 0. The number of rotatable bonds is 5. The van der Waals surface area contributed by atoms with Crippen molar-refractivity contribution in [3.63, 3.8) is 0 Å². The minimum Gasteiger partial charge on any atom is -0.496 e. The highest BCUT2D eigenvalue weighted by molar-refractivity contribution is 7.92. The van der Waals surface area contributed by atoms with E-state index in [-0.39, 0.29) is 6.54 Å². The fourth-order valence-electron chi connectivity index (χ4n) is 4.52. The van der Waals surface area contributed by atoms with Gasteiger partial charge in [0.25, 0.3) is 0 Å². The highest BCUT2D eigenvalue weighted by Gasteiger charge is 2.26. The van der Waals surface area contributed by atoms with Crippen LogP contribution in [-0.2, 0) is 14.8 Å². The van der Waals surface area contributed by atoms with E-state index in [0.717, 1.165) is 28.5 Å². The molecule has 0 aliphatic carbocycles. The quantitative estimate of drug-likeness (QED) is 0.468. The summed E-state index contributed by atoms with van der Waals surface area (Å²) in [5, 5.41) is 0.562. The van der Waals surface area contributed by atoms with Gasteiger partial charge in [-0.1, -0.05) is 12.1 Å². The maximum absolute atomic E-state index is 12.7. The number of amides is 1. The Hall–Kier alpha value is -3.66. The van der Waals surface area contributed by atoms with E-state index < -0.39 is 21.7 Å². The molecule has 0 radical (unpaired) electrons. The predicted molar refractivity (Wildman–Crippen MR) is 150 cm³/mol. The SMILES string of the molecule is COc1cc(C)cc(C)c1-c1ccc2c(NS(C)(=O)=O)cc(C3=CCCN(C(=O)OC(C)(C)C)C3)nc2n1. The average Bonchev–Trinajstić information content (AvgIpc) is 2.81. The van der Waals surface area contributed by atoms with Crippen LogP contribution in [0.1, 0.15) is 44.0 Å². The fourth-order valence-corrected chi connectivity index (χ4v) is 5.09. The zero-order valence-electron chi connectivity index (χ0n) is 22.9. The number of nitrogens with one attached hydrogen (secondary N) is 1. The molecule has 0 fully saturated rings. The normalized spacial score (nSPS) is 14.3. The summed E-state index contributed by atoms with van der Waals surface area (Å²) in [6.07, 6.45) is 3.33. The van der Waals surface area contributed by atoms with Crippen molar-refractivity contribution in [3.8, 4) is 17.0 Å². The van der Waals surface area contributed by atoms with Gasteiger partial charge in [-0.3, -0.25) is 4.72 Å². The van der Waals surface area contributed by atoms with Gasteiger partial charge in [0, 0.05) is 17.5 Å². The smallest absolute Gasteiger partial charge is 0.410 e. The van der Waals surface area contributed by atoms with E-state index in [2.05, 4.69) is 10.8 Å². The number of hydrogen-bond acceptors (Lipinski definition) is 7. The number of ether oxygens (including phenoxy) is 2. The van der Waals surface area contributed by atoms with Crippen LogP contribution in [0.15, 0.2) is 36.4 Å². The van der Waals surface area contributed by atoms with Crippen molar-refractivity contribution in [2.24, 2.45) is 0 Å². The number of aromatic nitrogens is 2. The molecule has 0 unspecified atom stereocenters. The molecule has 9 nitrogen and oxygen atoms in total. The Morgan fingerprint density at radius 3 is 2.45 bits per heavy atom. The second kappa shape index (κ2) is 10.2. The van der Waals surface area contributed by atoms with Crippen LogP contribution >= 0.6 is 0 Å². The molecule has 0 spiro atoms. The highest BCUT2D eigenvalue weighted by atomic mass is 32.2. The lowest BCUT2D eigenvalue weighted by atomic mass is 10.0. The summed E-state index contributed by atoms with van der Waals surface area (Å²) in [6.45, 7) is 10.3. The molecule has 38 heavy (non-hydrogen) atoms. The van der Waals surface area contributed by atoms with Crippen molar-refractivity contribution in [3.05, 3.63) is 53.2 Å². The summed E-state index contributed by atoms with van der Waals surface area (Å²) in [5.41, 5.74) is 5.04. The summed E-state index contributed by atoms with van der Waals surface area (Å²) < 4.78 is 38.2. The predicted octanol–water partition coefficient (Wildman–Crippen LogP) is 5.32. The first-order chi connectivity index (χ1) is 17.7. The Bertz CT molecular complexity index is 1540. The van der Waals surface area contributed by atoms with Gasteiger partial charge in [0.15, 0.2) is 5.65 Å². The Morgan fingerprint density at radius 2 is 1.79 bits per heavy atom. The van der Waals surface area contributed by atoms with Crippen LogP contribution in [0.3, 0.4) is 0 Å². The highest BCUT2D eigenvalue weighted by Crippen LogP contribution is 2.36. The maximum atomic E-state index is 12.7. The number of pyridine rings is 2. The van der Waals surface area contributed by atoms with Gasteiger partial charge in [-0.25, -0.2) is 23.2 Å². The van der Waals surface area contributed by atoms with Crippen molar-refractivity contribution >= 4 is 38.4 Å². The molecule has 0 saturated heterocycles. The van der Waals surface area contributed by atoms with Gasteiger partial charge >= 0.3 is 6.09 Å². The number of methoxy groups -OCH3 is 1. The van der Waals surface area contributed by atoms with E-state index in [1.807, 2.05) is 58.9 Å². The van der Waals surface area contributed by atoms with E-state index in [1.54, 1.807) is 18.1 Å². The molecule has 10 heteroatoms. The Morgan fingerprint density at radius 1 is 1.08 bits per heavy atom. The molecule has 202 valence electrons. The number of sulfonamides is 1. The number of anilines is 1. The van der Waals surface area contributed by atoms with Crippen molar-refractivity contribution in [2.75, 3.05) is 31.2 Å². The molecule has 3 heterocycles. The van der Waals surface area contributed by atoms with Crippen molar-refractivity contribution in [1.29, 1.82) is 0 Å². The molecule has 0 saturated carbocycles. The molecule has 3 aromatic rings. The third kappa shape index (κ3) is 6.24. The van der Waals surface area contributed by atoms with Crippen molar-refractivity contribution in [2.45, 2.75) is 46.6 Å². The molecule has 1 aromatic carbocycles. The molecular formula is C28H34N4O5S. The molecule has 1 aliphatic heterocycles. The zero-order chi connectivity index (χ0) is 27.8. The molecule has 0 atom stereocenters. The number of aryl methyl sites for hydroxylation is 2. The summed E-state index contributed by atoms with van der Waals surface area (Å²) in [6, 6.07) is 9.34. The molecule has 2 aromatic heterocycles. The second-order valence-electron chi connectivity index (χ2n) is 10.6. The van der Waals surface area contributed by atoms with Crippen LogP contribution in [0, 0.1) is 13.8 Å². The topological polar surface area (TPSA) is 111 Å². The van der Waals surface area contributed by atoms with E-state index in [9.17, 15) is 13.2 Å². The average molecular weight is 539 g/mol. The van der Waals surface area contributed by atoms with Crippen molar-refractivity contribution in [1.82, 2.24) is 14.9 Å². The molecule has 0 bridgehead atoms. The van der Waals surface area contributed by atoms with Crippen LogP contribution in [0.25, 0.3) is 27.9 Å². The first-order valence-corrected chi connectivity index (χ1v) is 14.3. The van der Waals surface area contributed by atoms with Gasteiger partial charge in [0.05, 0.1) is 37.0 Å². The number of benzene rings is 1. The van der Waals surface area contributed by atoms with Crippen LogP contribution in [0.2, 0.25) is 0 Å². The Kier molecular flexibility index (Phi) is 7.38. The fraction of sp³-hybridized carbons (Fsp3) is 0.393. The van der Waals surface area contributed by atoms with E-state index in [1.165, 1.54) is 0 Å². The summed E-state index contributed by atoms with van der Waals surface area (Å²) in [7, 11) is -1.95. The van der Waals surface area contributed by atoms with Crippen molar-refractivity contribution < 1.29 is 22.7 Å². The first-order valence-electron chi connectivity index (χ1n) is 12.4. The monoisotopic (exact) mass is 538 g/mol. The summed E-state index contributed by atoms with van der Waals surface area (Å²) in [4.78, 5) is 24.0. The number of nitrogens with zero attached hydrogens (tertiary/aromatic N) is 3. The third-order valence-corrected chi connectivity index (χ3v) is 6.61. The number of carbonyl (C=O) groups excluding carboxylic acids is 1. The molecule has 1 aliphatic rings. The van der Waals surface area contributed by atoms with Gasteiger partial charge in [-0.05, 0) is 82.0 Å². The maximum Gasteiger partial charge on any atom is 0.410 e.